The number of rotatable bonds is 1. The van der Waals surface area contributed by atoms with Crippen LogP contribution in [0.5, 0.6) is 0 Å². The van der Waals surface area contributed by atoms with Crippen LogP contribution in [0, 0.1) is 0 Å². The predicted octanol–water partition coefficient (Wildman–Crippen LogP) is 4.16. The Hall–Kier alpha value is -2.14. The molecule has 0 amide bonds. The minimum absolute atomic E-state index is 0. The molecule has 0 bridgehead atoms. The van der Waals surface area contributed by atoms with Gasteiger partial charge in [0.25, 0.3) is 0 Å². The molecule has 0 aliphatic rings. The van der Waals surface area contributed by atoms with Gasteiger partial charge in [0.2, 0.25) is 0 Å². The fourth-order valence-electron chi connectivity index (χ4n) is 2.68. The van der Waals surface area contributed by atoms with E-state index in [1.807, 2.05) is 29.5 Å². The maximum Gasteiger partial charge on any atom is -0.870 e. The summed E-state index contributed by atoms with van der Waals surface area (Å²) in [6.07, 6.45) is 0. The van der Waals surface area contributed by atoms with Gasteiger partial charge in [0.05, 0.1) is 0 Å². The molecule has 2 nitrogen and oxygen atoms in total. The third-order valence-electron chi connectivity index (χ3n) is 3.60. The topological polar surface area (TPSA) is 60.0 Å². The Morgan fingerprint density at radius 3 is 2.27 bits per heavy atom. The molecule has 0 saturated heterocycles. The van der Waals surface area contributed by atoms with Crippen LogP contribution in [0.1, 0.15) is 0 Å². The summed E-state index contributed by atoms with van der Waals surface area (Å²) in [5.41, 5.74) is 3.25. The number of fused-ring (bicyclic) bond motifs is 3. The Morgan fingerprint density at radius 2 is 1.45 bits per heavy atom. The maximum absolute atomic E-state index is 5.92. The Kier molecular flexibility index (Phi) is 4.67. The van der Waals surface area contributed by atoms with Gasteiger partial charge in [0.1, 0.15) is 0 Å². The first-order valence-electron chi connectivity index (χ1n) is 6.59. The van der Waals surface area contributed by atoms with Gasteiger partial charge in [0, 0.05) is 0 Å². The van der Waals surface area contributed by atoms with E-state index in [-0.39, 0.29) is 11.0 Å². The fraction of sp³-hybridized carbons (Fsp3) is 0. The van der Waals surface area contributed by atoms with Crippen LogP contribution in [0.3, 0.4) is 0 Å². The van der Waals surface area contributed by atoms with Crippen molar-refractivity contribution in [2.45, 2.75) is 0 Å². The molecule has 0 aliphatic heterocycles. The molecule has 0 fully saturated rings. The first-order valence-corrected chi connectivity index (χ1v) is 7.41. The molecule has 3 aromatic carbocycles. The van der Waals surface area contributed by atoms with Crippen LogP contribution < -0.4 is 5.46 Å². The summed E-state index contributed by atoms with van der Waals surface area (Å²) in [5, 5.41) is 2.66. The van der Waals surface area contributed by atoms with Gasteiger partial charge in [0.15, 0.2) is 0 Å². The Bertz CT molecular complexity index is 931. The Labute approximate surface area is 134 Å². The van der Waals surface area contributed by atoms with Crippen molar-refractivity contribution in [3.8, 4) is 11.1 Å². The second-order valence-corrected chi connectivity index (χ2v) is 5.96. The molecule has 4 heteroatoms. The van der Waals surface area contributed by atoms with Crippen LogP contribution in [0.15, 0.2) is 66.7 Å². The van der Waals surface area contributed by atoms with Crippen LogP contribution in [0.4, 0.5) is 0 Å². The van der Waals surface area contributed by atoms with Crippen molar-refractivity contribution in [2.75, 3.05) is 0 Å². The molecular formula is C18H13BO2S. The van der Waals surface area contributed by atoms with E-state index in [2.05, 4.69) is 48.5 Å². The summed E-state index contributed by atoms with van der Waals surface area (Å²) in [7, 11) is 5.92. The predicted molar refractivity (Wildman–Crippen MR) is 94.0 cm³/mol. The number of hydrogen-bond donors (Lipinski definition) is 0. The number of benzene rings is 3. The average molecular weight is 304 g/mol. The third-order valence-corrected chi connectivity index (χ3v) is 4.82. The molecule has 1 aromatic heterocycles. The molecule has 2 N–H and O–H groups in total. The zero-order valence-corrected chi connectivity index (χ0v) is 12.5. The van der Waals surface area contributed by atoms with Gasteiger partial charge in [-0.15, -0.1) is 0 Å². The Morgan fingerprint density at radius 1 is 0.727 bits per heavy atom. The molecule has 0 radical (unpaired) electrons. The SMILES string of the molecule is [B+2]c1cccc(-c2cccc3c2sc2ccccc23)c1.[OH-].[OH-]. The summed E-state index contributed by atoms with van der Waals surface area (Å²) in [6.45, 7) is 0. The monoisotopic (exact) mass is 304 g/mol. The summed E-state index contributed by atoms with van der Waals surface area (Å²) in [5.74, 6) is 0. The van der Waals surface area contributed by atoms with E-state index in [4.69, 9.17) is 7.85 Å². The normalized spacial score (nSPS) is 10.3. The molecular weight excluding hydrogens is 291 g/mol. The number of thiophene rings is 1. The van der Waals surface area contributed by atoms with Gasteiger partial charge in [-0.1, -0.05) is 0 Å². The standard InChI is InChI=1S/C18H11BS.2H2O/c19-13-6-3-5-12(11-13)14-8-4-9-16-15-7-1-2-10-17(15)20-18(14)16;;/h1-11H;2*1H2/q+2;;/p-2. The first-order chi connectivity index (χ1) is 9.83. The summed E-state index contributed by atoms with van der Waals surface area (Å²) < 4.78 is 2.66. The summed E-state index contributed by atoms with van der Waals surface area (Å²) in [4.78, 5) is 0. The molecule has 0 unspecified atom stereocenters. The minimum atomic E-state index is 0. The van der Waals surface area contributed by atoms with Gasteiger partial charge in [-0.25, -0.2) is 0 Å². The van der Waals surface area contributed by atoms with E-state index < -0.39 is 0 Å². The van der Waals surface area contributed by atoms with Crippen molar-refractivity contribution in [3.05, 3.63) is 66.7 Å². The van der Waals surface area contributed by atoms with Crippen molar-refractivity contribution in [1.82, 2.24) is 0 Å². The van der Waals surface area contributed by atoms with Gasteiger partial charge in [-0.05, 0) is 0 Å². The van der Waals surface area contributed by atoms with Crippen molar-refractivity contribution < 1.29 is 11.0 Å². The molecule has 1 heterocycles. The van der Waals surface area contributed by atoms with Crippen LogP contribution in [0.25, 0.3) is 31.3 Å². The first kappa shape index (κ1) is 16.2. The minimum Gasteiger partial charge on any atom is -0.870 e. The summed E-state index contributed by atoms with van der Waals surface area (Å²) >= 11 is 1.85. The van der Waals surface area contributed by atoms with E-state index in [1.54, 1.807) is 0 Å². The molecule has 22 heavy (non-hydrogen) atoms. The Balaban J connectivity index is 0.000000882. The molecule has 0 spiro atoms. The van der Waals surface area contributed by atoms with Crippen molar-refractivity contribution in [1.29, 1.82) is 0 Å². The zero-order chi connectivity index (χ0) is 13.5. The van der Waals surface area contributed by atoms with Gasteiger partial charge >= 0.3 is 123 Å². The second-order valence-electron chi connectivity index (χ2n) is 4.91. The number of hydrogen-bond acceptors (Lipinski definition) is 3. The van der Waals surface area contributed by atoms with E-state index in [0.29, 0.717) is 0 Å². The molecule has 0 saturated carbocycles. The molecule has 4 aromatic rings. The van der Waals surface area contributed by atoms with E-state index in [9.17, 15) is 0 Å². The second kappa shape index (κ2) is 6.32. The fourth-order valence-corrected chi connectivity index (χ4v) is 3.92. The quantitative estimate of drug-likeness (QED) is 0.496. The van der Waals surface area contributed by atoms with E-state index in [1.165, 1.54) is 31.3 Å². The van der Waals surface area contributed by atoms with Gasteiger partial charge in [-0.2, -0.15) is 0 Å². The molecule has 4 rings (SSSR count). The maximum atomic E-state index is 5.92. The molecule has 0 aliphatic carbocycles. The van der Waals surface area contributed by atoms with Crippen LogP contribution >= 0.6 is 11.3 Å². The zero-order valence-electron chi connectivity index (χ0n) is 11.7. The van der Waals surface area contributed by atoms with Crippen LogP contribution in [0.2, 0.25) is 0 Å². The van der Waals surface area contributed by atoms with Gasteiger partial charge < -0.3 is 11.0 Å². The largest absolute Gasteiger partial charge is 0.870 e. The van der Waals surface area contributed by atoms with Crippen molar-refractivity contribution in [2.24, 2.45) is 0 Å². The third kappa shape index (κ3) is 2.52. The molecule has 0 atom stereocenters. The summed E-state index contributed by atoms with van der Waals surface area (Å²) in [6, 6.07) is 23.2. The van der Waals surface area contributed by atoms with Crippen LogP contribution in [-0.4, -0.2) is 18.8 Å². The van der Waals surface area contributed by atoms with Crippen molar-refractivity contribution >= 4 is 44.8 Å². The van der Waals surface area contributed by atoms with Crippen molar-refractivity contribution in [3.63, 3.8) is 0 Å². The van der Waals surface area contributed by atoms with E-state index >= 15 is 0 Å². The molecule has 106 valence electrons. The smallest absolute Gasteiger partial charge is 0.870 e. The van der Waals surface area contributed by atoms with E-state index in [0.717, 1.165) is 5.46 Å². The average Bonchev–Trinajstić information content (AvgIpc) is 2.86. The van der Waals surface area contributed by atoms with Gasteiger partial charge in [-0.3, -0.25) is 0 Å². The van der Waals surface area contributed by atoms with Crippen LogP contribution in [-0.2, 0) is 0 Å².